The van der Waals surface area contributed by atoms with Crippen molar-refractivity contribution >= 4 is 27.6 Å². The van der Waals surface area contributed by atoms with E-state index in [1.165, 1.54) is 18.3 Å². The van der Waals surface area contributed by atoms with Crippen molar-refractivity contribution < 1.29 is 8.42 Å². The number of pyridine rings is 1. The van der Waals surface area contributed by atoms with E-state index in [-0.39, 0.29) is 9.64 Å². The van der Waals surface area contributed by atoms with Crippen molar-refractivity contribution in [2.75, 3.05) is 25.2 Å². The highest BCUT2D eigenvalue weighted by Gasteiger charge is 2.21. The van der Waals surface area contributed by atoms with Crippen LogP contribution in [0, 0.1) is 0 Å². The lowest BCUT2D eigenvalue weighted by molar-refractivity contribution is 0.570. The van der Waals surface area contributed by atoms with Gasteiger partial charge in [-0.15, -0.1) is 0 Å². The molecule has 0 atom stereocenters. The Balaban J connectivity index is 2.86. The summed E-state index contributed by atoms with van der Waals surface area (Å²) in [6.45, 7) is 4.37. The van der Waals surface area contributed by atoms with Gasteiger partial charge in [-0.25, -0.2) is 18.1 Å². The topological polar surface area (TPSA) is 71.1 Å². The van der Waals surface area contributed by atoms with Crippen LogP contribution in [-0.4, -0.2) is 38.0 Å². The maximum atomic E-state index is 12.1. The minimum absolute atomic E-state index is 0.133. The first-order valence-electron chi connectivity index (χ1n) is 5.49. The molecule has 7 heteroatoms. The first kappa shape index (κ1) is 15.3. The highest BCUT2D eigenvalue weighted by molar-refractivity contribution is 8.00. The molecule has 2 N–H and O–H groups in total. The van der Waals surface area contributed by atoms with Crippen LogP contribution in [0.5, 0.6) is 0 Å². The highest BCUT2D eigenvalue weighted by Crippen LogP contribution is 2.21. The Labute approximate surface area is 113 Å². The Morgan fingerprint density at radius 1 is 1.44 bits per heavy atom. The predicted molar refractivity (Wildman–Crippen MR) is 76.6 cm³/mol. The van der Waals surface area contributed by atoms with E-state index < -0.39 is 10.0 Å². The third-order valence-corrected chi connectivity index (χ3v) is 5.19. The van der Waals surface area contributed by atoms with Crippen molar-refractivity contribution in [3.8, 4) is 0 Å². The molecule has 0 aromatic carbocycles. The zero-order valence-corrected chi connectivity index (χ0v) is 12.7. The molecular weight excluding hydrogens is 270 g/mol. The minimum atomic E-state index is -3.48. The Morgan fingerprint density at radius 3 is 2.67 bits per heavy atom. The molecule has 0 spiro atoms. The van der Waals surface area contributed by atoms with Gasteiger partial charge in [0, 0.05) is 30.6 Å². The van der Waals surface area contributed by atoms with Gasteiger partial charge in [-0.1, -0.05) is 0 Å². The zero-order chi connectivity index (χ0) is 13.8. The van der Waals surface area contributed by atoms with E-state index in [1.807, 2.05) is 20.1 Å². The van der Waals surface area contributed by atoms with Crippen LogP contribution in [-0.2, 0) is 10.0 Å². The monoisotopic (exact) mass is 289 g/mol. The molecule has 1 rings (SSSR count). The fraction of sp³-hybridized carbons (Fsp3) is 0.545. The Morgan fingerprint density at radius 2 is 2.11 bits per heavy atom. The Kier molecular flexibility index (Phi) is 5.01. The normalized spacial score (nSPS) is 12.4. The fourth-order valence-electron chi connectivity index (χ4n) is 1.14. The molecule has 0 aliphatic rings. The number of hydrogen-bond donors (Lipinski definition) is 2. The molecular formula is C11H19N3O2S2. The summed E-state index contributed by atoms with van der Waals surface area (Å²) in [7, 11) is -1.78. The molecule has 1 aromatic rings. The van der Waals surface area contributed by atoms with Gasteiger partial charge in [0.15, 0.2) is 0 Å². The average Bonchev–Trinajstić information content (AvgIpc) is 2.37. The van der Waals surface area contributed by atoms with Gasteiger partial charge in [0.05, 0.1) is 4.90 Å². The van der Waals surface area contributed by atoms with Crippen molar-refractivity contribution in [2.24, 2.45) is 0 Å². The van der Waals surface area contributed by atoms with Gasteiger partial charge in [0.1, 0.15) is 5.82 Å². The van der Waals surface area contributed by atoms with E-state index in [0.717, 1.165) is 0 Å². The average molecular weight is 289 g/mol. The van der Waals surface area contributed by atoms with Crippen LogP contribution in [0.1, 0.15) is 13.8 Å². The summed E-state index contributed by atoms with van der Waals surface area (Å²) in [5, 5.41) is 2.82. The molecule has 0 amide bonds. The molecule has 18 heavy (non-hydrogen) atoms. The van der Waals surface area contributed by atoms with E-state index in [9.17, 15) is 8.42 Å². The maximum absolute atomic E-state index is 12.1. The lowest BCUT2D eigenvalue weighted by atomic mass is 10.2. The number of aromatic nitrogens is 1. The number of thioether (sulfide) groups is 1. The number of hydrogen-bond acceptors (Lipinski definition) is 5. The molecule has 0 bridgehead atoms. The third kappa shape index (κ3) is 4.15. The molecule has 0 aliphatic carbocycles. The first-order chi connectivity index (χ1) is 8.30. The van der Waals surface area contributed by atoms with Crippen molar-refractivity contribution in [1.82, 2.24) is 9.71 Å². The van der Waals surface area contributed by atoms with Gasteiger partial charge in [0.25, 0.3) is 0 Å². The summed E-state index contributed by atoms with van der Waals surface area (Å²) >= 11 is 1.62. The fourth-order valence-corrected chi connectivity index (χ4v) is 2.67. The van der Waals surface area contributed by atoms with E-state index >= 15 is 0 Å². The molecule has 0 fully saturated rings. The van der Waals surface area contributed by atoms with Crippen LogP contribution < -0.4 is 10.0 Å². The minimum Gasteiger partial charge on any atom is -0.373 e. The van der Waals surface area contributed by atoms with E-state index in [0.29, 0.717) is 12.4 Å². The van der Waals surface area contributed by atoms with Crippen molar-refractivity contribution in [2.45, 2.75) is 23.5 Å². The van der Waals surface area contributed by atoms with Crippen molar-refractivity contribution in [3.63, 3.8) is 0 Å². The van der Waals surface area contributed by atoms with E-state index in [4.69, 9.17) is 0 Å². The van der Waals surface area contributed by atoms with Crippen LogP contribution in [0.15, 0.2) is 23.2 Å². The third-order valence-electron chi connectivity index (χ3n) is 2.54. The van der Waals surface area contributed by atoms with Crippen molar-refractivity contribution in [1.29, 1.82) is 0 Å². The summed E-state index contributed by atoms with van der Waals surface area (Å²) in [6, 6.07) is 2.99. The van der Waals surface area contributed by atoms with Crippen LogP contribution in [0.4, 0.5) is 5.82 Å². The van der Waals surface area contributed by atoms with Crippen LogP contribution >= 0.6 is 11.8 Å². The quantitative estimate of drug-likeness (QED) is 0.831. The largest absolute Gasteiger partial charge is 0.373 e. The molecule has 0 saturated heterocycles. The standard InChI is InChI=1S/C11H19N3O2S2/c1-11(2,17-4)8-14-18(15,16)9-5-6-13-10(7-9)12-3/h5-7,14H,8H2,1-4H3,(H,12,13). The summed E-state index contributed by atoms with van der Waals surface area (Å²) in [5.74, 6) is 0.530. The van der Waals surface area contributed by atoms with Crippen LogP contribution in [0.25, 0.3) is 0 Å². The molecule has 102 valence electrons. The molecule has 0 aliphatic heterocycles. The van der Waals surface area contributed by atoms with Crippen LogP contribution in [0.2, 0.25) is 0 Å². The SMILES string of the molecule is CNc1cc(S(=O)(=O)NCC(C)(C)SC)ccn1. The predicted octanol–water partition coefficient (Wildman–Crippen LogP) is 1.54. The summed E-state index contributed by atoms with van der Waals surface area (Å²) in [4.78, 5) is 4.21. The molecule has 5 nitrogen and oxygen atoms in total. The summed E-state index contributed by atoms with van der Waals surface area (Å²) in [6.07, 6.45) is 3.43. The second-order valence-corrected chi connectivity index (χ2v) is 7.70. The number of sulfonamides is 1. The van der Waals surface area contributed by atoms with Gasteiger partial charge in [0.2, 0.25) is 10.0 Å². The molecule has 0 unspecified atom stereocenters. The summed E-state index contributed by atoms with van der Waals surface area (Å²) in [5.41, 5.74) is 0. The second-order valence-electron chi connectivity index (χ2n) is 4.42. The molecule has 0 radical (unpaired) electrons. The van der Waals surface area contributed by atoms with Gasteiger partial charge in [-0.3, -0.25) is 0 Å². The van der Waals surface area contributed by atoms with Gasteiger partial charge < -0.3 is 5.32 Å². The second kappa shape index (κ2) is 5.90. The zero-order valence-electron chi connectivity index (χ0n) is 11.0. The smallest absolute Gasteiger partial charge is 0.240 e. The van der Waals surface area contributed by atoms with Gasteiger partial charge in [-0.05, 0) is 26.2 Å². The molecule has 1 aromatic heterocycles. The van der Waals surface area contributed by atoms with Crippen LogP contribution in [0.3, 0.4) is 0 Å². The van der Waals surface area contributed by atoms with E-state index in [1.54, 1.807) is 18.8 Å². The molecule has 0 saturated carbocycles. The van der Waals surface area contributed by atoms with Crippen molar-refractivity contribution in [3.05, 3.63) is 18.3 Å². The number of nitrogens with zero attached hydrogens (tertiary/aromatic N) is 1. The molecule has 1 heterocycles. The number of rotatable bonds is 6. The maximum Gasteiger partial charge on any atom is 0.240 e. The lowest BCUT2D eigenvalue weighted by Gasteiger charge is -2.22. The number of nitrogens with one attached hydrogen (secondary N) is 2. The first-order valence-corrected chi connectivity index (χ1v) is 8.20. The highest BCUT2D eigenvalue weighted by atomic mass is 32.2. The van der Waals surface area contributed by atoms with Gasteiger partial charge in [-0.2, -0.15) is 11.8 Å². The van der Waals surface area contributed by atoms with Gasteiger partial charge >= 0.3 is 0 Å². The summed E-state index contributed by atoms with van der Waals surface area (Å²) < 4.78 is 26.7. The Hall–Kier alpha value is -0.790. The lowest BCUT2D eigenvalue weighted by Crippen LogP contribution is -2.36. The van der Waals surface area contributed by atoms with E-state index in [2.05, 4.69) is 15.0 Å². The number of anilines is 1. The Bertz CT molecular complexity index is 501.